The van der Waals surface area contributed by atoms with Crippen LogP contribution in [-0.2, 0) is 9.53 Å². The molecule has 0 saturated heterocycles. The Labute approximate surface area is 145 Å². The maximum absolute atomic E-state index is 12.1. The first-order chi connectivity index (χ1) is 12.2. The fraction of sp³-hybridized carbons (Fsp3) is 0.200. The summed E-state index contributed by atoms with van der Waals surface area (Å²) >= 11 is 0. The summed E-state index contributed by atoms with van der Waals surface area (Å²) in [6.07, 6.45) is 2.33. The molecule has 5 heteroatoms. The number of nitriles is 1. The lowest BCUT2D eigenvalue weighted by Gasteiger charge is -2.04. The molecular weight excluding hydrogens is 314 g/mol. The van der Waals surface area contributed by atoms with Crippen molar-refractivity contribution in [1.29, 1.82) is 5.26 Å². The summed E-state index contributed by atoms with van der Waals surface area (Å²) in [5.41, 5.74) is 3.01. The number of amides is 1. The molecule has 0 saturated carbocycles. The number of rotatable bonds is 6. The van der Waals surface area contributed by atoms with Crippen molar-refractivity contribution in [2.45, 2.75) is 6.42 Å². The zero-order chi connectivity index (χ0) is 17.6. The zero-order valence-electron chi connectivity index (χ0n) is 14.0. The fourth-order valence-corrected chi connectivity index (χ4v) is 2.78. The molecule has 0 aliphatic rings. The summed E-state index contributed by atoms with van der Waals surface area (Å²) in [7, 11) is 1.61. The Hall–Kier alpha value is -3.10. The van der Waals surface area contributed by atoms with E-state index < -0.39 is 0 Å². The number of aromatic nitrogens is 1. The van der Waals surface area contributed by atoms with Gasteiger partial charge in [-0.2, -0.15) is 5.26 Å². The van der Waals surface area contributed by atoms with Gasteiger partial charge in [0.2, 0.25) is 0 Å². The highest BCUT2D eigenvalue weighted by atomic mass is 16.5. The Morgan fingerprint density at radius 1 is 1.24 bits per heavy atom. The molecule has 0 radical (unpaired) electrons. The number of para-hydroxylation sites is 1. The molecule has 0 spiro atoms. The molecule has 2 N–H and O–H groups in total. The summed E-state index contributed by atoms with van der Waals surface area (Å²) < 4.78 is 4.94. The van der Waals surface area contributed by atoms with Crippen LogP contribution in [0.5, 0.6) is 0 Å². The van der Waals surface area contributed by atoms with Crippen LogP contribution in [0.4, 0.5) is 0 Å². The molecule has 0 unspecified atom stereocenters. The minimum absolute atomic E-state index is 0.0941. The third kappa shape index (κ3) is 3.70. The largest absolute Gasteiger partial charge is 0.385 e. The quantitative estimate of drug-likeness (QED) is 0.412. The molecule has 126 valence electrons. The second-order valence-electron chi connectivity index (χ2n) is 5.75. The van der Waals surface area contributed by atoms with Crippen LogP contribution in [0, 0.1) is 11.3 Å². The van der Waals surface area contributed by atoms with Gasteiger partial charge in [-0.05, 0) is 36.3 Å². The van der Waals surface area contributed by atoms with E-state index >= 15 is 0 Å². The molecule has 1 amide bonds. The number of benzene rings is 2. The highest BCUT2D eigenvalue weighted by molar-refractivity contribution is 6.08. The van der Waals surface area contributed by atoms with Crippen molar-refractivity contribution in [3.63, 3.8) is 0 Å². The molecule has 2 aromatic carbocycles. The fourth-order valence-electron chi connectivity index (χ4n) is 2.78. The van der Waals surface area contributed by atoms with Crippen molar-refractivity contribution in [2.75, 3.05) is 20.3 Å². The standard InChI is InChI=1S/C20H19N3O2/c1-25-10-4-9-22-20(24)15(13-21)11-14-7-8-19-17(12-14)16-5-2-3-6-18(16)23-19/h2-3,5-8,11-12,23H,4,9-10H2,1H3,(H,22,24)/b15-11+. The minimum atomic E-state index is -0.363. The first kappa shape index (κ1) is 16.7. The second kappa shape index (κ2) is 7.65. The van der Waals surface area contributed by atoms with Crippen molar-refractivity contribution in [3.8, 4) is 6.07 Å². The number of nitrogens with zero attached hydrogens (tertiary/aromatic N) is 1. The first-order valence-electron chi connectivity index (χ1n) is 8.12. The molecule has 0 fully saturated rings. The average molecular weight is 333 g/mol. The zero-order valence-corrected chi connectivity index (χ0v) is 14.0. The Kier molecular flexibility index (Phi) is 5.12. The summed E-state index contributed by atoms with van der Waals surface area (Å²) in [5, 5.41) is 14.2. The van der Waals surface area contributed by atoms with Crippen LogP contribution in [0.2, 0.25) is 0 Å². The minimum Gasteiger partial charge on any atom is -0.385 e. The number of ether oxygens (including phenoxy) is 1. The summed E-state index contributed by atoms with van der Waals surface area (Å²) in [5.74, 6) is -0.363. The Morgan fingerprint density at radius 2 is 2.04 bits per heavy atom. The lowest BCUT2D eigenvalue weighted by molar-refractivity contribution is -0.117. The maximum Gasteiger partial charge on any atom is 0.261 e. The van der Waals surface area contributed by atoms with E-state index in [1.807, 2.05) is 42.5 Å². The molecule has 25 heavy (non-hydrogen) atoms. The Balaban J connectivity index is 1.86. The van der Waals surface area contributed by atoms with E-state index in [9.17, 15) is 10.1 Å². The van der Waals surface area contributed by atoms with Gasteiger partial charge in [-0.1, -0.05) is 24.3 Å². The van der Waals surface area contributed by atoms with E-state index in [1.54, 1.807) is 13.2 Å². The third-order valence-corrected chi connectivity index (χ3v) is 4.02. The predicted octanol–water partition coefficient (Wildman–Crippen LogP) is 3.38. The van der Waals surface area contributed by atoms with Crippen molar-refractivity contribution in [3.05, 3.63) is 53.6 Å². The van der Waals surface area contributed by atoms with Gasteiger partial charge in [0.1, 0.15) is 11.6 Å². The number of hydrogen-bond donors (Lipinski definition) is 2. The molecule has 0 aliphatic carbocycles. The number of H-pyrrole nitrogens is 1. The van der Waals surface area contributed by atoms with Crippen LogP contribution < -0.4 is 5.32 Å². The maximum atomic E-state index is 12.1. The van der Waals surface area contributed by atoms with Gasteiger partial charge in [0.05, 0.1) is 0 Å². The molecule has 0 atom stereocenters. The van der Waals surface area contributed by atoms with Crippen LogP contribution in [0.25, 0.3) is 27.9 Å². The molecule has 0 bridgehead atoms. The molecule has 0 aliphatic heterocycles. The summed E-state index contributed by atoms with van der Waals surface area (Å²) in [6, 6.07) is 15.9. The van der Waals surface area contributed by atoms with Crippen LogP contribution in [0.3, 0.4) is 0 Å². The van der Waals surface area contributed by atoms with Crippen LogP contribution >= 0.6 is 0 Å². The molecule has 1 aromatic heterocycles. The lowest BCUT2D eigenvalue weighted by Crippen LogP contribution is -2.26. The van der Waals surface area contributed by atoms with E-state index in [0.717, 1.165) is 27.4 Å². The van der Waals surface area contributed by atoms with E-state index in [2.05, 4.69) is 16.4 Å². The van der Waals surface area contributed by atoms with Gasteiger partial charge in [0.15, 0.2) is 0 Å². The highest BCUT2D eigenvalue weighted by Gasteiger charge is 2.09. The SMILES string of the molecule is COCCCNC(=O)/C(C#N)=C/c1ccc2[nH]c3ccccc3c2c1. The molecule has 1 heterocycles. The number of aromatic amines is 1. The summed E-state index contributed by atoms with van der Waals surface area (Å²) in [4.78, 5) is 15.5. The number of methoxy groups -OCH3 is 1. The van der Waals surface area contributed by atoms with Gasteiger partial charge in [-0.3, -0.25) is 4.79 Å². The molecule has 3 aromatic rings. The monoisotopic (exact) mass is 333 g/mol. The number of nitrogens with one attached hydrogen (secondary N) is 2. The number of carbonyl (C=O) groups is 1. The first-order valence-corrected chi connectivity index (χ1v) is 8.12. The lowest BCUT2D eigenvalue weighted by atomic mass is 10.1. The average Bonchev–Trinajstić information content (AvgIpc) is 3.01. The normalized spacial score (nSPS) is 11.6. The van der Waals surface area contributed by atoms with Crippen LogP contribution in [-0.4, -0.2) is 31.2 Å². The smallest absolute Gasteiger partial charge is 0.261 e. The second-order valence-corrected chi connectivity index (χ2v) is 5.75. The van der Waals surface area contributed by atoms with E-state index in [1.165, 1.54) is 0 Å². The van der Waals surface area contributed by atoms with Gasteiger partial charge in [0, 0.05) is 42.1 Å². The van der Waals surface area contributed by atoms with Crippen LogP contribution in [0.15, 0.2) is 48.0 Å². The van der Waals surface area contributed by atoms with Crippen LogP contribution in [0.1, 0.15) is 12.0 Å². The third-order valence-electron chi connectivity index (χ3n) is 4.02. The summed E-state index contributed by atoms with van der Waals surface area (Å²) in [6.45, 7) is 1.05. The van der Waals surface area contributed by atoms with Gasteiger partial charge in [-0.25, -0.2) is 0 Å². The predicted molar refractivity (Wildman–Crippen MR) is 98.9 cm³/mol. The molecule has 5 nitrogen and oxygen atoms in total. The van der Waals surface area contributed by atoms with E-state index in [0.29, 0.717) is 19.6 Å². The number of carbonyl (C=O) groups excluding carboxylic acids is 1. The van der Waals surface area contributed by atoms with Gasteiger partial charge in [0.25, 0.3) is 5.91 Å². The Morgan fingerprint density at radius 3 is 2.84 bits per heavy atom. The van der Waals surface area contributed by atoms with Crippen molar-refractivity contribution in [1.82, 2.24) is 10.3 Å². The van der Waals surface area contributed by atoms with Crippen molar-refractivity contribution >= 4 is 33.8 Å². The van der Waals surface area contributed by atoms with Crippen molar-refractivity contribution < 1.29 is 9.53 Å². The van der Waals surface area contributed by atoms with Gasteiger partial charge >= 0.3 is 0 Å². The van der Waals surface area contributed by atoms with Gasteiger partial charge < -0.3 is 15.0 Å². The van der Waals surface area contributed by atoms with Crippen molar-refractivity contribution in [2.24, 2.45) is 0 Å². The van der Waals surface area contributed by atoms with Gasteiger partial charge in [-0.15, -0.1) is 0 Å². The van der Waals surface area contributed by atoms with E-state index in [-0.39, 0.29) is 11.5 Å². The number of fused-ring (bicyclic) bond motifs is 3. The highest BCUT2D eigenvalue weighted by Crippen LogP contribution is 2.26. The topological polar surface area (TPSA) is 77.9 Å². The molecule has 3 rings (SSSR count). The molecular formula is C20H19N3O2. The Bertz CT molecular complexity index is 979. The number of hydrogen-bond acceptors (Lipinski definition) is 3. The van der Waals surface area contributed by atoms with E-state index in [4.69, 9.17) is 4.74 Å².